The normalized spacial score (nSPS) is 10.8. The predicted molar refractivity (Wildman–Crippen MR) is 69.8 cm³/mol. The van der Waals surface area contributed by atoms with Crippen molar-refractivity contribution in [1.29, 1.82) is 0 Å². The van der Waals surface area contributed by atoms with Crippen molar-refractivity contribution in [3.8, 4) is 11.6 Å². The second-order valence-corrected chi connectivity index (χ2v) is 4.24. The van der Waals surface area contributed by atoms with Crippen molar-refractivity contribution in [2.45, 2.75) is 0 Å². The van der Waals surface area contributed by atoms with Crippen LogP contribution in [0.3, 0.4) is 0 Å². The summed E-state index contributed by atoms with van der Waals surface area (Å²) in [6.45, 7) is 0. The number of rotatable bonds is 3. The summed E-state index contributed by atoms with van der Waals surface area (Å²) in [5.41, 5.74) is -0.0543. The second kappa shape index (κ2) is 4.94. The van der Waals surface area contributed by atoms with E-state index in [-0.39, 0.29) is 22.6 Å². The number of nitro groups is 1. The Bertz CT molecular complexity index is 853. The first-order valence-electron chi connectivity index (χ1n) is 5.53. The third kappa shape index (κ3) is 2.46. The van der Waals surface area contributed by atoms with Crippen LogP contribution in [0.4, 0.5) is 10.1 Å². The van der Waals surface area contributed by atoms with Gasteiger partial charge < -0.3 is 4.74 Å². The molecule has 10 heteroatoms. The van der Waals surface area contributed by atoms with Crippen molar-refractivity contribution in [2.75, 3.05) is 0 Å². The van der Waals surface area contributed by atoms with Gasteiger partial charge in [-0.2, -0.15) is 15.1 Å². The van der Waals surface area contributed by atoms with E-state index >= 15 is 0 Å². The minimum Gasteiger partial charge on any atom is -0.435 e. The highest BCUT2D eigenvalue weighted by Gasteiger charge is 2.15. The number of fused-ring (bicyclic) bond motifs is 1. The molecule has 0 saturated carbocycles. The number of nitro benzene ring substituents is 1. The number of halogens is 2. The van der Waals surface area contributed by atoms with Crippen LogP contribution in [0.5, 0.6) is 11.6 Å². The van der Waals surface area contributed by atoms with Gasteiger partial charge in [0.15, 0.2) is 17.2 Å². The van der Waals surface area contributed by atoms with Crippen LogP contribution in [-0.4, -0.2) is 25.1 Å². The van der Waals surface area contributed by atoms with Crippen LogP contribution < -0.4 is 4.74 Å². The Kier molecular flexibility index (Phi) is 3.10. The van der Waals surface area contributed by atoms with E-state index in [1.165, 1.54) is 6.20 Å². The van der Waals surface area contributed by atoms with Crippen molar-refractivity contribution in [3.05, 3.63) is 45.6 Å². The topological polar surface area (TPSA) is 107 Å². The minimum absolute atomic E-state index is 0.00787. The highest BCUT2D eigenvalue weighted by Crippen LogP contribution is 2.30. The zero-order valence-corrected chi connectivity index (χ0v) is 10.8. The van der Waals surface area contributed by atoms with Crippen LogP contribution >= 0.6 is 11.6 Å². The molecule has 0 atom stereocenters. The number of hydrogen-bond acceptors (Lipinski definition) is 6. The fourth-order valence-corrected chi connectivity index (χ4v) is 1.81. The van der Waals surface area contributed by atoms with Crippen LogP contribution in [0, 0.1) is 15.9 Å². The van der Waals surface area contributed by atoms with Gasteiger partial charge in [0.2, 0.25) is 11.2 Å². The van der Waals surface area contributed by atoms with E-state index in [9.17, 15) is 14.5 Å². The quantitative estimate of drug-likeness (QED) is 0.453. The van der Waals surface area contributed by atoms with E-state index in [1.54, 1.807) is 0 Å². The molecule has 1 N–H and O–H groups in total. The molecule has 21 heavy (non-hydrogen) atoms. The lowest BCUT2D eigenvalue weighted by Gasteiger charge is -2.06. The molecule has 0 bridgehead atoms. The third-order valence-electron chi connectivity index (χ3n) is 2.58. The van der Waals surface area contributed by atoms with Gasteiger partial charge in [0.1, 0.15) is 5.39 Å². The molecule has 2 heterocycles. The summed E-state index contributed by atoms with van der Waals surface area (Å²) in [5.74, 6) is -1.13. The smallest absolute Gasteiger partial charge is 0.272 e. The lowest BCUT2D eigenvalue weighted by molar-refractivity contribution is -0.385. The maximum Gasteiger partial charge on any atom is 0.272 e. The van der Waals surface area contributed by atoms with E-state index < -0.39 is 10.7 Å². The van der Waals surface area contributed by atoms with E-state index in [0.29, 0.717) is 11.0 Å². The largest absolute Gasteiger partial charge is 0.435 e. The van der Waals surface area contributed by atoms with Crippen molar-refractivity contribution >= 4 is 28.3 Å². The Morgan fingerprint density at radius 3 is 2.90 bits per heavy atom. The molecule has 2 aromatic heterocycles. The molecule has 0 aliphatic carbocycles. The van der Waals surface area contributed by atoms with Gasteiger partial charge in [0, 0.05) is 6.07 Å². The van der Waals surface area contributed by atoms with Crippen LogP contribution in [-0.2, 0) is 0 Å². The number of H-pyrrole nitrogens is 1. The molecule has 0 fully saturated rings. The zero-order chi connectivity index (χ0) is 15.0. The number of non-ortho nitro benzene ring substituents is 1. The molecule has 0 aliphatic rings. The molecule has 0 aliphatic heterocycles. The molecular weight excluding hydrogens is 305 g/mol. The van der Waals surface area contributed by atoms with E-state index in [0.717, 1.165) is 18.2 Å². The Hall–Kier alpha value is -2.81. The standard InChI is InChI=1S/C11H5ClFN5O3/c12-11-15-9-6(4-14-17-9)10(16-11)21-8-2-1-5(18(19)20)3-7(8)13/h1-4H,(H,14,15,16,17). The predicted octanol–water partition coefficient (Wildman–Crippen LogP) is 2.85. The second-order valence-electron chi connectivity index (χ2n) is 3.90. The number of hydrogen-bond donors (Lipinski definition) is 1. The number of aromatic amines is 1. The maximum absolute atomic E-state index is 13.8. The highest BCUT2D eigenvalue weighted by atomic mass is 35.5. The first-order chi connectivity index (χ1) is 10.0. The van der Waals surface area contributed by atoms with E-state index in [1.807, 2.05) is 0 Å². The fraction of sp³-hybridized carbons (Fsp3) is 0. The monoisotopic (exact) mass is 309 g/mol. The van der Waals surface area contributed by atoms with Crippen LogP contribution in [0.2, 0.25) is 5.28 Å². The SMILES string of the molecule is O=[N+]([O-])c1ccc(Oc2nc(Cl)nc3[nH]ncc23)c(F)c1. The number of ether oxygens (including phenoxy) is 1. The number of nitrogens with zero attached hydrogens (tertiary/aromatic N) is 4. The summed E-state index contributed by atoms with van der Waals surface area (Å²) in [4.78, 5) is 17.6. The third-order valence-corrected chi connectivity index (χ3v) is 2.75. The number of benzene rings is 1. The Morgan fingerprint density at radius 2 is 2.19 bits per heavy atom. The van der Waals surface area contributed by atoms with Gasteiger partial charge in [0.05, 0.1) is 17.2 Å². The summed E-state index contributed by atoms with van der Waals surface area (Å²) in [6.07, 6.45) is 1.39. The van der Waals surface area contributed by atoms with Gasteiger partial charge in [0.25, 0.3) is 5.69 Å². The molecule has 0 radical (unpaired) electrons. The summed E-state index contributed by atoms with van der Waals surface area (Å²) < 4.78 is 19.1. The van der Waals surface area contributed by atoms with Crippen LogP contribution in [0.1, 0.15) is 0 Å². The minimum atomic E-state index is -0.893. The molecule has 8 nitrogen and oxygen atoms in total. The summed E-state index contributed by atoms with van der Waals surface area (Å²) >= 11 is 5.72. The van der Waals surface area contributed by atoms with Crippen molar-refractivity contribution in [1.82, 2.24) is 20.2 Å². The Morgan fingerprint density at radius 1 is 1.38 bits per heavy atom. The first-order valence-corrected chi connectivity index (χ1v) is 5.91. The number of nitrogens with one attached hydrogen (secondary N) is 1. The van der Waals surface area contributed by atoms with Gasteiger partial charge in [-0.3, -0.25) is 15.2 Å². The highest BCUT2D eigenvalue weighted by molar-refractivity contribution is 6.28. The lowest BCUT2D eigenvalue weighted by atomic mass is 10.3. The van der Waals surface area contributed by atoms with Gasteiger partial charge in [-0.05, 0) is 17.7 Å². The fourth-order valence-electron chi connectivity index (χ4n) is 1.65. The summed E-state index contributed by atoms with van der Waals surface area (Å²) in [7, 11) is 0. The van der Waals surface area contributed by atoms with Gasteiger partial charge >= 0.3 is 0 Å². The summed E-state index contributed by atoms with van der Waals surface area (Å²) in [6, 6.07) is 3.01. The van der Waals surface area contributed by atoms with Crippen molar-refractivity contribution in [3.63, 3.8) is 0 Å². The average molecular weight is 310 g/mol. The molecule has 0 amide bonds. The zero-order valence-electron chi connectivity index (χ0n) is 10.1. The van der Waals surface area contributed by atoms with E-state index in [2.05, 4.69) is 20.2 Å². The van der Waals surface area contributed by atoms with Crippen LogP contribution in [0.15, 0.2) is 24.4 Å². The van der Waals surface area contributed by atoms with Crippen LogP contribution in [0.25, 0.3) is 11.0 Å². The van der Waals surface area contributed by atoms with E-state index in [4.69, 9.17) is 16.3 Å². The maximum atomic E-state index is 13.8. The number of aromatic nitrogens is 4. The molecule has 3 aromatic rings. The van der Waals surface area contributed by atoms with Gasteiger partial charge in [-0.25, -0.2) is 4.39 Å². The van der Waals surface area contributed by atoms with Crippen molar-refractivity contribution < 1.29 is 14.1 Å². The van der Waals surface area contributed by atoms with Crippen molar-refractivity contribution in [2.24, 2.45) is 0 Å². The lowest BCUT2D eigenvalue weighted by Crippen LogP contribution is -1.95. The Balaban J connectivity index is 2.02. The summed E-state index contributed by atoms with van der Waals surface area (Å²) in [5, 5.41) is 17.2. The molecule has 1 aromatic carbocycles. The molecule has 0 unspecified atom stereocenters. The van der Waals surface area contributed by atoms with Gasteiger partial charge in [-0.1, -0.05) is 0 Å². The van der Waals surface area contributed by atoms with Gasteiger partial charge in [-0.15, -0.1) is 0 Å². The molecular formula is C11H5ClFN5O3. The molecule has 3 rings (SSSR count). The Labute approximate surface area is 120 Å². The average Bonchev–Trinajstić information content (AvgIpc) is 2.88. The molecule has 0 spiro atoms. The molecule has 0 saturated heterocycles. The molecule has 106 valence electrons. The first kappa shape index (κ1) is 13.2.